The lowest BCUT2D eigenvalue weighted by Gasteiger charge is -2.33. The van der Waals surface area contributed by atoms with Crippen LogP contribution < -0.4 is 4.74 Å². The second kappa shape index (κ2) is 8.49. The molecule has 0 spiro atoms. The summed E-state index contributed by atoms with van der Waals surface area (Å²) in [5.41, 5.74) is 5.49. The third-order valence-electron chi connectivity index (χ3n) is 7.27. The first-order chi connectivity index (χ1) is 15.2. The molecule has 3 nitrogen and oxygen atoms in total. The van der Waals surface area contributed by atoms with Crippen molar-refractivity contribution in [2.75, 3.05) is 13.2 Å². The van der Waals surface area contributed by atoms with Crippen LogP contribution in [0.2, 0.25) is 0 Å². The summed E-state index contributed by atoms with van der Waals surface area (Å²) in [5.74, 6) is 0.805. The Morgan fingerprint density at radius 1 is 0.871 bits per heavy atom. The molecule has 0 radical (unpaired) electrons. The third-order valence-corrected chi connectivity index (χ3v) is 7.27. The van der Waals surface area contributed by atoms with Crippen LogP contribution >= 0.6 is 0 Å². The number of benzene rings is 3. The highest BCUT2D eigenvalue weighted by molar-refractivity contribution is 5.63. The molecule has 1 saturated carbocycles. The standard InChI is InChI=1S/C28H30O3/c29-19-28(14-4-5-15-28)24-12-13-25-26(17-24)31-18-23(27(25)30)16-20-8-10-22(11-9-20)21-6-2-1-3-7-21/h1-3,6-13,17,23,27,29-30H,4-5,14-16,18-19H2/t23-,27?/m0/s1. The average molecular weight is 415 g/mol. The zero-order valence-electron chi connectivity index (χ0n) is 17.8. The lowest BCUT2D eigenvalue weighted by molar-refractivity contribution is 0.0506. The molecule has 5 rings (SSSR count). The minimum Gasteiger partial charge on any atom is -0.493 e. The van der Waals surface area contributed by atoms with Gasteiger partial charge >= 0.3 is 0 Å². The van der Waals surface area contributed by atoms with Crippen LogP contribution in [-0.4, -0.2) is 23.4 Å². The van der Waals surface area contributed by atoms with Crippen molar-refractivity contribution in [1.82, 2.24) is 0 Å². The molecule has 0 bridgehead atoms. The van der Waals surface area contributed by atoms with Crippen molar-refractivity contribution in [3.8, 4) is 16.9 Å². The molecule has 160 valence electrons. The number of hydrogen-bond donors (Lipinski definition) is 2. The summed E-state index contributed by atoms with van der Waals surface area (Å²) < 4.78 is 6.12. The number of hydrogen-bond acceptors (Lipinski definition) is 3. The quantitative estimate of drug-likeness (QED) is 0.584. The summed E-state index contributed by atoms with van der Waals surface area (Å²) in [4.78, 5) is 0. The predicted molar refractivity (Wildman–Crippen MR) is 123 cm³/mol. The van der Waals surface area contributed by atoms with E-state index in [2.05, 4.69) is 60.7 Å². The normalized spacial score (nSPS) is 22.0. The van der Waals surface area contributed by atoms with Crippen LogP contribution in [0, 0.1) is 5.92 Å². The van der Waals surface area contributed by atoms with Crippen LogP contribution in [0.1, 0.15) is 48.5 Å². The minimum atomic E-state index is -0.541. The maximum atomic E-state index is 11.1. The van der Waals surface area contributed by atoms with Gasteiger partial charge in [0.1, 0.15) is 5.75 Å². The molecule has 2 aliphatic rings. The van der Waals surface area contributed by atoms with Crippen LogP contribution in [-0.2, 0) is 11.8 Å². The first-order valence-electron chi connectivity index (χ1n) is 11.4. The van der Waals surface area contributed by atoms with Gasteiger partial charge in [-0.2, -0.15) is 0 Å². The van der Waals surface area contributed by atoms with E-state index in [0.717, 1.165) is 49.0 Å². The van der Waals surface area contributed by atoms with Crippen molar-refractivity contribution in [2.45, 2.75) is 43.6 Å². The number of ether oxygens (including phenoxy) is 1. The van der Waals surface area contributed by atoms with Gasteiger partial charge in [-0.3, -0.25) is 0 Å². The number of aliphatic hydroxyl groups excluding tert-OH is 2. The van der Waals surface area contributed by atoms with E-state index >= 15 is 0 Å². The summed E-state index contributed by atoms with van der Waals surface area (Å²) in [6.07, 6.45) is 4.59. The maximum Gasteiger partial charge on any atom is 0.125 e. The van der Waals surface area contributed by atoms with Gasteiger partial charge in [-0.25, -0.2) is 0 Å². The zero-order chi connectivity index (χ0) is 21.3. The Hall–Kier alpha value is -2.62. The van der Waals surface area contributed by atoms with E-state index in [0.29, 0.717) is 6.61 Å². The largest absolute Gasteiger partial charge is 0.493 e. The van der Waals surface area contributed by atoms with Gasteiger partial charge in [-0.1, -0.05) is 79.6 Å². The van der Waals surface area contributed by atoms with E-state index in [9.17, 15) is 10.2 Å². The van der Waals surface area contributed by atoms with E-state index in [1.807, 2.05) is 12.1 Å². The van der Waals surface area contributed by atoms with Crippen molar-refractivity contribution < 1.29 is 14.9 Å². The Kier molecular flexibility index (Phi) is 5.56. The van der Waals surface area contributed by atoms with Gasteiger partial charge in [-0.05, 0) is 47.6 Å². The molecule has 0 amide bonds. The van der Waals surface area contributed by atoms with Crippen molar-refractivity contribution in [1.29, 1.82) is 0 Å². The van der Waals surface area contributed by atoms with Crippen LogP contribution in [0.4, 0.5) is 0 Å². The van der Waals surface area contributed by atoms with Gasteiger partial charge < -0.3 is 14.9 Å². The Balaban J connectivity index is 1.31. The second-order valence-corrected chi connectivity index (χ2v) is 9.18. The first-order valence-corrected chi connectivity index (χ1v) is 11.4. The van der Waals surface area contributed by atoms with Gasteiger partial charge in [0.05, 0.1) is 19.3 Å². The molecule has 0 aromatic heterocycles. The number of aliphatic hydroxyl groups is 2. The van der Waals surface area contributed by atoms with Crippen molar-refractivity contribution in [2.24, 2.45) is 5.92 Å². The van der Waals surface area contributed by atoms with Crippen LogP contribution in [0.5, 0.6) is 5.75 Å². The molecule has 1 aliphatic carbocycles. The van der Waals surface area contributed by atoms with Gasteiger partial charge in [-0.15, -0.1) is 0 Å². The monoisotopic (exact) mass is 414 g/mol. The topological polar surface area (TPSA) is 49.7 Å². The molecule has 0 saturated heterocycles. The van der Waals surface area contributed by atoms with E-state index in [4.69, 9.17) is 4.74 Å². The zero-order valence-corrected chi connectivity index (χ0v) is 17.8. The highest BCUT2D eigenvalue weighted by atomic mass is 16.5. The number of rotatable bonds is 5. The smallest absolute Gasteiger partial charge is 0.125 e. The minimum absolute atomic E-state index is 0.0270. The van der Waals surface area contributed by atoms with E-state index in [1.54, 1.807) is 0 Å². The molecular formula is C28H30O3. The van der Waals surface area contributed by atoms with E-state index < -0.39 is 6.10 Å². The Morgan fingerprint density at radius 3 is 2.29 bits per heavy atom. The molecule has 2 atom stereocenters. The summed E-state index contributed by atoms with van der Waals surface area (Å²) in [6.45, 7) is 0.681. The average Bonchev–Trinajstić information content (AvgIpc) is 3.32. The fourth-order valence-electron chi connectivity index (χ4n) is 5.30. The Bertz CT molecular complexity index is 1020. The molecule has 1 unspecified atom stereocenters. The molecule has 3 aromatic carbocycles. The molecular weight excluding hydrogens is 384 g/mol. The highest BCUT2D eigenvalue weighted by Gasteiger charge is 2.37. The summed E-state index contributed by atoms with van der Waals surface area (Å²) in [6, 6.07) is 25.1. The van der Waals surface area contributed by atoms with Crippen LogP contribution in [0.15, 0.2) is 72.8 Å². The number of fused-ring (bicyclic) bond motifs is 1. The van der Waals surface area contributed by atoms with Gasteiger partial charge in [0.15, 0.2) is 0 Å². The molecule has 3 heteroatoms. The SMILES string of the molecule is OCC1(c2ccc3c(c2)OC[C@H](Cc2ccc(-c4ccccc4)cc2)C3O)CCCC1. The lowest BCUT2D eigenvalue weighted by atomic mass is 9.78. The molecule has 2 N–H and O–H groups in total. The molecule has 1 heterocycles. The van der Waals surface area contributed by atoms with E-state index in [1.165, 1.54) is 16.7 Å². The van der Waals surface area contributed by atoms with Gasteiger partial charge in [0.25, 0.3) is 0 Å². The molecule has 1 fully saturated rings. The van der Waals surface area contributed by atoms with Crippen LogP contribution in [0.25, 0.3) is 11.1 Å². The van der Waals surface area contributed by atoms with E-state index in [-0.39, 0.29) is 17.9 Å². The molecule has 3 aromatic rings. The van der Waals surface area contributed by atoms with Crippen molar-refractivity contribution >= 4 is 0 Å². The summed E-state index contributed by atoms with van der Waals surface area (Å²) in [7, 11) is 0. The first kappa shape index (κ1) is 20.3. The Labute approximate surface area is 184 Å². The Morgan fingerprint density at radius 2 is 1.58 bits per heavy atom. The van der Waals surface area contributed by atoms with Gasteiger partial charge in [0, 0.05) is 16.9 Å². The van der Waals surface area contributed by atoms with Crippen molar-refractivity contribution in [3.63, 3.8) is 0 Å². The second-order valence-electron chi connectivity index (χ2n) is 9.18. The molecule has 1 aliphatic heterocycles. The lowest BCUT2D eigenvalue weighted by Crippen LogP contribution is -2.30. The predicted octanol–water partition coefficient (Wildman–Crippen LogP) is 5.44. The summed E-state index contributed by atoms with van der Waals surface area (Å²) in [5, 5.41) is 21.1. The highest BCUT2D eigenvalue weighted by Crippen LogP contribution is 2.44. The van der Waals surface area contributed by atoms with Gasteiger partial charge in [0.2, 0.25) is 0 Å². The fraction of sp³-hybridized carbons (Fsp3) is 0.357. The summed E-state index contributed by atoms with van der Waals surface area (Å²) >= 11 is 0. The van der Waals surface area contributed by atoms with Crippen molar-refractivity contribution in [3.05, 3.63) is 89.5 Å². The molecule has 31 heavy (non-hydrogen) atoms. The third kappa shape index (κ3) is 3.88. The maximum absolute atomic E-state index is 11.1. The fourth-order valence-corrected chi connectivity index (χ4v) is 5.30. The van der Waals surface area contributed by atoms with Crippen LogP contribution in [0.3, 0.4) is 0 Å².